The van der Waals surface area contributed by atoms with Crippen LogP contribution < -0.4 is 10.5 Å². The zero-order valence-electron chi connectivity index (χ0n) is 15.9. The molecule has 1 aliphatic rings. The van der Waals surface area contributed by atoms with Crippen LogP contribution in [0.15, 0.2) is 47.5 Å². The third-order valence-corrected chi connectivity index (χ3v) is 4.83. The van der Waals surface area contributed by atoms with Gasteiger partial charge in [0.25, 0.3) is 5.56 Å². The van der Waals surface area contributed by atoms with E-state index < -0.39 is 17.2 Å². The van der Waals surface area contributed by atoms with Crippen molar-refractivity contribution in [1.82, 2.24) is 14.5 Å². The summed E-state index contributed by atoms with van der Waals surface area (Å²) < 4.78 is 48.8. The average molecular weight is 439 g/mol. The summed E-state index contributed by atoms with van der Waals surface area (Å²) >= 11 is 0. The number of hydrogen-bond acceptors (Lipinski definition) is 5. The van der Waals surface area contributed by atoms with Gasteiger partial charge in [0.2, 0.25) is 11.8 Å². The second-order valence-electron chi connectivity index (χ2n) is 6.65. The number of hydrogen-bond donors (Lipinski definition) is 0. The molecular formula is C20H18ClF3N4O2. The summed E-state index contributed by atoms with van der Waals surface area (Å²) in [7, 11) is 1.41. The molecule has 10 heteroatoms. The highest BCUT2D eigenvalue weighted by molar-refractivity contribution is 5.85. The molecule has 1 fully saturated rings. The lowest BCUT2D eigenvalue weighted by atomic mass is 10.1. The zero-order chi connectivity index (χ0) is 20.5. The average Bonchev–Trinajstić information content (AvgIpc) is 2.74. The highest BCUT2D eigenvalue weighted by Gasteiger charge is 2.27. The van der Waals surface area contributed by atoms with Crippen molar-refractivity contribution in [3.8, 4) is 11.3 Å². The van der Waals surface area contributed by atoms with E-state index in [4.69, 9.17) is 4.74 Å². The van der Waals surface area contributed by atoms with Crippen LogP contribution in [0, 0.1) is 17.5 Å². The molecule has 158 valence electrons. The molecule has 0 N–H and O–H groups in total. The van der Waals surface area contributed by atoms with Crippen LogP contribution in [0.4, 0.5) is 19.1 Å². The smallest absolute Gasteiger partial charge is 0.291 e. The Kier molecular flexibility index (Phi) is 6.42. The molecule has 4 rings (SSSR count). The van der Waals surface area contributed by atoms with Crippen molar-refractivity contribution < 1.29 is 17.9 Å². The van der Waals surface area contributed by atoms with E-state index in [2.05, 4.69) is 9.97 Å². The fourth-order valence-electron chi connectivity index (χ4n) is 3.30. The van der Waals surface area contributed by atoms with E-state index in [1.165, 1.54) is 31.4 Å². The van der Waals surface area contributed by atoms with Crippen molar-refractivity contribution in [2.24, 2.45) is 7.05 Å². The fourth-order valence-corrected chi connectivity index (χ4v) is 3.30. The van der Waals surface area contributed by atoms with Crippen LogP contribution in [0.1, 0.15) is 11.7 Å². The Balaban J connectivity index is 0.00000256. The van der Waals surface area contributed by atoms with Crippen molar-refractivity contribution >= 4 is 18.4 Å². The molecule has 2 aromatic heterocycles. The number of benzene rings is 1. The van der Waals surface area contributed by atoms with E-state index in [9.17, 15) is 18.0 Å². The first-order valence-electron chi connectivity index (χ1n) is 8.94. The molecule has 0 saturated carbocycles. The van der Waals surface area contributed by atoms with Gasteiger partial charge in [0.1, 0.15) is 17.6 Å². The topological polar surface area (TPSA) is 60.2 Å². The van der Waals surface area contributed by atoms with E-state index in [0.717, 1.165) is 16.3 Å². The molecule has 0 amide bonds. The van der Waals surface area contributed by atoms with E-state index in [1.807, 2.05) is 0 Å². The van der Waals surface area contributed by atoms with Crippen LogP contribution in [0.2, 0.25) is 0 Å². The molecule has 1 saturated heterocycles. The number of morpholine rings is 1. The Labute approximate surface area is 176 Å². The van der Waals surface area contributed by atoms with Gasteiger partial charge < -0.3 is 9.64 Å². The minimum Gasteiger partial charge on any atom is -0.370 e. The lowest BCUT2D eigenvalue weighted by Gasteiger charge is -2.34. The largest absolute Gasteiger partial charge is 0.370 e. The molecular weight excluding hydrogens is 421 g/mol. The number of ether oxygens (including phenoxy) is 1. The lowest BCUT2D eigenvalue weighted by molar-refractivity contribution is 0.0389. The van der Waals surface area contributed by atoms with Gasteiger partial charge in [-0.15, -0.1) is 12.4 Å². The van der Waals surface area contributed by atoms with Gasteiger partial charge in [0, 0.05) is 25.4 Å². The van der Waals surface area contributed by atoms with E-state index in [-0.39, 0.29) is 41.5 Å². The quantitative estimate of drug-likeness (QED) is 0.628. The van der Waals surface area contributed by atoms with E-state index in [0.29, 0.717) is 19.7 Å². The number of nitrogens with zero attached hydrogens (tertiary/aromatic N) is 4. The first kappa shape index (κ1) is 21.8. The number of anilines is 1. The van der Waals surface area contributed by atoms with Gasteiger partial charge in [-0.2, -0.15) is 4.39 Å². The molecule has 0 spiro atoms. The third-order valence-electron chi connectivity index (χ3n) is 4.83. The van der Waals surface area contributed by atoms with Gasteiger partial charge in [-0.1, -0.05) is 12.1 Å². The number of rotatable bonds is 3. The molecule has 0 bridgehead atoms. The highest BCUT2D eigenvalue weighted by Crippen LogP contribution is 2.27. The lowest BCUT2D eigenvalue weighted by Crippen LogP contribution is -2.42. The molecule has 0 unspecified atom stereocenters. The third kappa shape index (κ3) is 4.03. The molecule has 3 aromatic rings. The fraction of sp³-hybridized carbons (Fsp3) is 0.250. The molecule has 0 aliphatic carbocycles. The van der Waals surface area contributed by atoms with Crippen LogP contribution in [0.5, 0.6) is 0 Å². The van der Waals surface area contributed by atoms with Crippen LogP contribution in [0.25, 0.3) is 11.3 Å². The van der Waals surface area contributed by atoms with Crippen molar-refractivity contribution in [3.63, 3.8) is 0 Å². The van der Waals surface area contributed by atoms with Gasteiger partial charge in [0.15, 0.2) is 5.82 Å². The Hall–Kier alpha value is -2.91. The summed E-state index contributed by atoms with van der Waals surface area (Å²) in [4.78, 5) is 22.1. The van der Waals surface area contributed by atoms with Gasteiger partial charge >= 0.3 is 0 Å². The molecule has 1 atom stereocenters. The summed E-state index contributed by atoms with van der Waals surface area (Å²) in [5.41, 5.74) is -0.651. The minimum atomic E-state index is -1.13. The molecule has 6 nitrogen and oxygen atoms in total. The first-order valence-corrected chi connectivity index (χ1v) is 8.94. The SMILES string of the molecule is Cl.Cn1c(N2CCO[C@@H](c3ccc(F)cc3)C2)nc(-c2ccncc2F)c(F)c1=O. The van der Waals surface area contributed by atoms with E-state index >= 15 is 0 Å². The monoisotopic (exact) mass is 438 g/mol. The Morgan fingerprint density at radius 2 is 1.87 bits per heavy atom. The standard InChI is InChI=1S/C20H17F3N4O2.ClH/c1-26-19(28)17(23)18(14-6-7-24-10-15(14)22)25-20(26)27-8-9-29-16(11-27)12-2-4-13(21)5-3-12;/h2-7,10,16H,8-9,11H2,1H3;1H/t16-;/m1./s1. The molecule has 1 aromatic carbocycles. The maximum atomic E-state index is 14.6. The molecule has 30 heavy (non-hydrogen) atoms. The zero-order valence-corrected chi connectivity index (χ0v) is 16.7. The number of halogens is 4. The second kappa shape index (κ2) is 8.85. The van der Waals surface area contributed by atoms with Crippen molar-refractivity contribution in [1.29, 1.82) is 0 Å². The Morgan fingerprint density at radius 3 is 2.57 bits per heavy atom. The van der Waals surface area contributed by atoms with Crippen LogP contribution in [-0.2, 0) is 11.8 Å². The molecule has 0 radical (unpaired) electrons. The van der Waals surface area contributed by atoms with E-state index in [1.54, 1.807) is 17.0 Å². The van der Waals surface area contributed by atoms with Crippen LogP contribution in [0.3, 0.4) is 0 Å². The summed E-state index contributed by atoms with van der Waals surface area (Å²) in [6.45, 7) is 1.05. The first-order chi connectivity index (χ1) is 14.0. The number of pyridine rings is 1. The predicted molar refractivity (Wildman–Crippen MR) is 107 cm³/mol. The van der Waals surface area contributed by atoms with Crippen LogP contribution >= 0.6 is 12.4 Å². The highest BCUT2D eigenvalue weighted by atomic mass is 35.5. The predicted octanol–water partition coefficient (Wildman–Crippen LogP) is 3.26. The summed E-state index contributed by atoms with van der Waals surface area (Å²) in [6.07, 6.45) is 1.86. The van der Waals surface area contributed by atoms with Gasteiger partial charge in [0.05, 0.1) is 19.3 Å². The second-order valence-corrected chi connectivity index (χ2v) is 6.65. The maximum Gasteiger partial charge on any atom is 0.291 e. The van der Waals surface area contributed by atoms with Crippen molar-refractivity contribution in [2.45, 2.75) is 6.10 Å². The summed E-state index contributed by atoms with van der Waals surface area (Å²) in [6, 6.07) is 7.20. The summed E-state index contributed by atoms with van der Waals surface area (Å²) in [5.74, 6) is -2.07. The van der Waals surface area contributed by atoms with Gasteiger partial charge in [-0.3, -0.25) is 14.3 Å². The minimum absolute atomic E-state index is 0. The van der Waals surface area contributed by atoms with Gasteiger partial charge in [-0.05, 0) is 23.8 Å². The number of aromatic nitrogens is 3. The maximum absolute atomic E-state index is 14.6. The molecule has 1 aliphatic heterocycles. The Bertz CT molecular complexity index is 1110. The van der Waals surface area contributed by atoms with Gasteiger partial charge in [-0.25, -0.2) is 13.8 Å². The molecule has 3 heterocycles. The van der Waals surface area contributed by atoms with Crippen molar-refractivity contribution in [3.05, 3.63) is 76.1 Å². The van der Waals surface area contributed by atoms with Crippen molar-refractivity contribution in [2.75, 3.05) is 24.6 Å². The summed E-state index contributed by atoms with van der Waals surface area (Å²) in [5, 5.41) is 0. The normalized spacial score (nSPS) is 16.3. The van der Waals surface area contributed by atoms with Crippen LogP contribution in [-0.4, -0.2) is 34.2 Å². The Morgan fingerprint density at radius 1 is 1.13 bits per heavy atom.